The molecule has 1 saturated heterocycles. The molecule has 3 rings (SSSR count). The van der Waals surface area contributed by atoms with E-state index >= 15 is 0 Å². The number of hydrogen-bond acceptors (Lipinski definition) is 5. The monoisotopic (exact) mass is 286 g/mol. The third kappa shape index (κ3) is 2.94. The van der Waals surface area contributed by atoms with Crippen LogP contribution in [-0.4, -0.2) is 32.5 Å². The van der Waals surface area contributed by atoms with Gasteiger partial charge in [0, 0.05) is 25.0 Å². The molecule has 0 aliphatic carbocycles. The van der Waals surface area contributed by atoms with Gasteiger partial charge >= 0.3 is 0 Å². The molecule has 1 amide bonds. The fraction of sp³-hybridized carbons (Fsp3) is 0.467. The average Bonchev–Trinajstić information content (AvgIpc) is 2.80. The van der Waals surface area contributed by atoms with Crippen LogP contribution >= 0.6 is 0 Å². The minimum atomic E-state index is -0.0874. The Morgan fingerprint density at radius 1 is 1.33 bits per heavy atom. The highest BCUT2D eigenvalue weighted by Gasteiger charge is 2.30. The summed E-state index contributed by atoms with van der Waals surface area (Å²) in [6, 6.07) is 1.87. The molecule has 3 heterocycles. The molecule has 21 heavy (non-hydrogen) atoms. The van der Waals surface area contributed by atoms with E-state index in [0.29, 0.717) is 12.2 Å². The normalized spacial score (nSPS) is 19.3. The maximum Gasteiger partial charge on any atom is 0.274 e. The van der Waals surface area contributed by atoms with Gasteiger partial charge in [0.05, 0.1) is 12.2 Å². The first-order valence-electron chi connectivity index (χ1n) is 7.26. The topological polar surface area (TPSA) is 72.1 Å². The first-order valence-corrected chi connectivity index (χ1v) is 7.26. The number of amides is 1. The van der Waals surface area contributed by atoms with Gasteiger partial charge in [-0.3, -0.25) is 9.78 Å². The fourth-order valence-electron chi connectivity index (χ4n) is 2.76. The third-order valence-electron chi connectivity index (χ3n) is 3.78. The Morgan fingerprint density at radius 2 is 2.24 bits per heavy atom. The van der Waals surface area contributed by atoms with E-state index in [2.05, 4.69) is 15.1 Å². The largest absolute Gasteiger partial charge is 0.361 e. The Balaban J connectivity index is 1.90. The van der Waals surface area contributed by atoms with Crippen molar-refractivity contribution in [3.05, 3.63) is 41.8 Å². The van der Waals surface area contributed by atoms with Gasteiger partial charge in [0.25, 0.3) is 5.91 Å². The van der Waals surface area contributed by atoms with Crippen LogP contribution in [0, 0.1) is 6.92 Å². The van der Waals surface area contributed by atoms with E-state index in [0.717, 1.165) is 37.1 Å². The van der Waals surface area contributed by atoms with E-state index in [4.69, 9.17) is 4.52 Å². The molecule has 1 aliphatic rings. The van der Waals surface area contributed by atoms with Crippen LogP contribution in [0.25, 0.3) is 0 Å². The minimum Gasteiger partial charge on any atom is -0.361 e. The third-order valence-corrected chi connectivity index (χ3v) is 3.78. The summed E-state index contributed by atoms with van der Waals surface area (Å²) in [6.45, 7) is 2.58. The average molecular weight is 286 g/mol. The van der Waals surface area contributed by atoms with Gasteiger partial charge in [0.15, 0.2) is 0 Å². The maximum absolute atomic E-state index is 12.7. The van der Waals surface area contributed by atoms with Gasteiger partial charge in [0.1, 0.15) is 17.1 Å². The van der Waals surface area contributed by atoms with Crippen molar-refractivity contribution in [3.8, 4) is 0 Å². The van der Waals surface area contributed by atoms with Gasteiger partial charge in [-0.2, -0.15) is 0 Å². The van der Waals surface area contributed by atoms with Crippen molar-refractivity contribution in [2.75, 3.05) is 6.54 Å². The summed E-state index contributed by atoms with van der Waals surface area (Å²) in [7, 11) is 0. The van der Waals surface area contributed by atoms with Crippen LogP contribution in [0.1, 0.15) is 53.7 Å². The lowest BCUT2D eigenvalue weighted by molar-refractivity contribution is 0.0667. The predicted molar refractivity (Wildman–Crippen MR) is 75.5 cm³/mol. The van der Waals surface area contributed by atoms with E-state index in [-0.39, 0.29) is 11.9 Å². The number of aromatic nitrogens is 3. The number of aryl methyl sites for hydroxylation is 1. The van der Waals surface area contributed by atoms with Crippen LogP contribution < -0.4 is 0 Å². The molecule has 0 bridgehead atoms. The number of nitrogens with zero attached hydrogens (tertiary/aromatic N) is 4. The first kappa shape index (κ1) is 13.7. The van der Waals surface area contributed by atoms with Crippen LogP contribution in [0.3, 0.4) is 0 Å². The number of hydrogen-bond donors (Lipinski definition) is 0. The van der Waals surface area contributed by atoms with E-state index < -0.39 is 0 Å². The lowest BCUT2D eigenvalue weighted by atomic mass is 10.1. The molecule has 1 aliphatic heterocycles. The smallest absolute Gasteiger partial charge is 0.274 e. The molecule has 0 aromatic carbocycles. The van der Waals surface area contributed by atoms with Crippen LogP contribution in [-0.2, 0) is 0 Å². The molecule has 0 radical (unpaired) electrons. The van der Waals surface area contributed by atoms with Gasteiger partial charge < -0.3 is 9.42 Å². The van der Waals surface area contributed by atoms with Gasteiger partial charge in [-0.1, -0.05) is 18.0 Å². The summed E-state index contributed by atoms with van der Waals surface area (Å²) in [5.74, 6) is 0.678. The summed E-state index contributed by atoms with van der Waals surface area (Å²) >= 11 is 0. The summed E-state index contributed by atoms with van der Waals surface area (Å²) in [4.78, 5) is 22.7. The molecule has 6 nitrogen and oxygen atoms in total. The second kappa shape index (κ2) is 6.03. The van der Waals surface area contributed by atoms with Gasteiger partial charge in [-0.05, 0) is 19.8 Å². The molecule has 1 fully saturated rings. The lowest BCUT2D eigenvalue weighted by Crippen LogP contribution is -2.35. The zero-order valence-electron chi connectivity index (χ0n) is 12.0. The summed E-state index contributed by atoms with van der Waals surface area (Å²) < 4.78 is 5.18. The van der Waals surface area contributed by atoms with Crippen molar-refractivity contribution in [2.45, 2.75) is 38.6 Å². The van der Waals surface area contributed by atoms with Crippen LogP contribution in [0.4, 0.5) is 0 Å². The lowest BCUT2D eigenvalue weighted by Gasteiger charge is -2.28. The SMILES string of the molecule is Cc1cc([C@@H]2CCCCCN2C(=O)c2cnccn2)no1. The summed E-state index contributed by atoms with van der Waals surface area (Å²) in [6.07, 6.45) is 8.73. The van der Waals surface area contributed by atoms with Gasteiger partial charge in [0.2, 0.25) is 0 Å². The highest BCUT2D eigenvalue weighted by molar-refractivity contribution is 5.92. The van der Waals surface area contributed by atoms with Crippen molar-refractivity contribution in [1.82, 2.24) is 20.0 Å². The molecule has 110 valence electrons. The second-order valence-corrected chi connectivity index (χ2v) is 5.32. The summed E-state index contributed by atoms with van der Waals surface area (Å²) in [5, 5.41) is 4.10. The van der Waals surface area contributed by atoms with Crippen molar-refractivity contribution >= 4 is 5.91 Å². The highest BCUT2D eigenvalue weighted by atomic mass is 16.5. The van der Waals surface area contributed by atoms with Gasteiger partial charge in [-0.25, -0.2) is 4.98 Å². The molecule has 0 spiro atoms. The number of rotatable bonds is 2. The molecule has 1 atom stereocenters. The molecule has 0 unspecified atom stereocenters. The fourth-order valence-corrected chi connectivity index (χ4v) is 2.76. The first-order chi connectivity index (χ1) is 10.3. The van der Waals surface area contributed by atoms with Gasteiger partial charge in [-0.15, -0.1) is 0 Å². The Bertz CT molecular complexity index is 611. The molecule has 0 N–H and O–H groups in total. The van der Waals surface area contributed by atoms with Crippen LogP contribution in [0.5, 0.6) is 0 Å². The maximum atomic E-state index is 12.7. The Kier molecular flexibility index (Phi) is 3.94. The molecular weight excluding hydrogens is 268 g/mol. The standard InChI is InChI=1S/C15H18N4O2/c1-11-9-12(18-21-11)14-5-3-2-4-8-19(14)15(20)13-10-16-6-7-17-13/h6-7,9-10,14H,2-5,8H2,1H3/t14-/m0/s1. The van der Waals surface area contributed by atoms with E-state index in [1.807, 2.05) is 17.9 Å². The number of likely N-dealkylation sites (tertiary alicyclic amines) is 1. The molecular formula is C15H18N4O2. The van der Waals surface area contributed by atoms with Crippen molar-refractivity contribution in [3.63, 3.8) is 0 Å². The highest BCUT2D eigenvalue weighted by Crippen LogP contribution is 2.30. The quantitative estimate of drug-likeness (QED) is 0.848. The van der Waals surface area contributed by atoms with E-state index in [9.17, 15) is 4.79 Å². The van der Waals surface area contributed by atoms with Crippen molar-refractivity contribution in [1.29, 1.82) is 0 Å². The second-order valence-electron chi connectivity index (χ2n) is 5.32. The molecule has 0 saturated carbocycles. The molecule has 2 aromatic rings. The summed E-state index contributed by atoms with van der Waals surface area (Å²) in [5.41, 5.74) is 1.20. The van der Waals surface area contributed by atoms with E-state index in [1.54, 1.807) is 12.4 Å². The predicted octanol–water partition coefficient (Wildman–Crippen LogP) is 2.53. The van der Waals surface area contributed by atoms with Crippen molar-refractivity contribution < 1.29 is 9.32 Å². The minimum absolute atomic E-state index is 0.0422. The van der Waals surface area contributed by atoms with Crippen molar-refractivity contribution in [2.24, 2.45) is 0 Å². The Labute approximate surface area is 123 Å². The molecule has 2 aromatic heterocycles. The zero-order chi connectivity index (χ0) is 14.7. The van der Waals surface area contributed by atoms with Crippen LogP contribution in [0.2, 0.25) is 0 Å². The van der Waals surface area contributed by atoms with Crippen LogP contribution in [0.15, 0.2) is 29.2 Å². The number of carbonyl (C=O) groups is 1. The zero-order valence-corrected chi connectivity index (χ0v) is 12.0. The number of carbonyl (C=O) groups excluding carboxylic acids is 1. The molecule has 6 heteroatoms. The Hall–Kier alpha value is -2.24. The Morgan fingerprint density at radius 3 is 2.95 bits per heavy atom. The van der Waals surface area contributed by atoms with E-state index in [1.165, 1.54) is 6.20 Å².